The average molecular weight is 360 g/mol. The molecule has 1 aromatic carbocycles. The molecule has 2 fully saturated rings. The fraction of sp³-hybridized carbons (Fsp3) is 0.368. The molecular formula is C19H21NO2S2. The van der Waals surface area contributed by atoms with Gasteiger partial charge in [-0.25, -0.2) is 0 Å². The van der Waals surface area contributed by atoms with E-state index in [9.17, 15) is 4.79 Å². The van der Waals surface area contributed by atoms with Crippen LogP contribution in [0.5, 0.6) is 5.75 Å². The summed E-state index contributed by atoms with van der Waals surface area (Å²) in [6.07, 6.45) is 9.40. The van der Waals surface area contributed by atoms with E-state index < -0.39 is 0 Å². The minimum atomic E-state index is 0.0592. The Morgan fingerprint density at radius 1 is 1.25 bits per heavy atom. The summed E-state index contributed by atoms with van der Waals surface area (Å²) in [5.41, 5.74) is 0.977. The number of hydrogen-bond acceptors (Lipinski definition) is 4. The third-order valence-electron chi connectivity index (χ3n) is 4.31. The number of carbonyl (C=O) groups excluding carboxylic acids is 1. The van der Waals surface area contributed by atoms with E-state index in [1.165, 1.54) is 31.0 Å². The van der Waals surface area contributed by atoms with Gasteiger partial charge in [0.2, 0.25) is 0 Å². The molecule has 1 heterocycles. The van der Waals surface area contributed by atoms with Crippen LogP contribution in [0.15, 0.2) is 41.8 Å². The zero-order chi connectivity index (χ0) is 16.9. The number of ether oxygens (including phenoxy) is 1. The van der Waals surface area contributed by atoms with Crippen molar-refractivity contribution >= 4 is 40.3 Å². The van der Waals surface area contributed by atoms with Gasteiger partial charge in [-0.3, -0.25) is 9.69 Å². The van der Waals surface area contributed by atoms with Gasteiger partial charge in [0.05, 0.1) is 4.91 Å². The number of carbonyl (C=O) groups is 1. The summed E-state index contributed by atoms with van der Waals surface area (Å²) in [6.45, 7) is 4.12. The van der Waals surface area contributed by atoms with Crippen molar-refractivity contribution in [3.8, 4) is 5.75 Å². The molecule has 1 aromatic rings. The van der Waals surface area contributed by atoms with Gasteiger partial charge >= 0.3 is 0 Å². The second-order valence-corrected chi connectivity index (χ2v) is 7.69. The lowest BCUT2D eigenvalue weighted by Crippen LogP contribution is -2.39. The quantitative estimate of drug-likeness (QED) is 0.430. The van der Waals surface area contributed by atoms with E-state index in [0.717, 1.165) is 24.2 Å². The smallest absolute Gasteiger partial charge is 0.266 e. The van der Waals surface area contributed by atoms with Crippen LogP contribution in [0.3, 0.4) is 0 Å². The van der Waals surface area contributed by atoms with Crippen LogP contribution < -0.4 is 4.74 Å². The molecule has 1 aliphatic heterocycles. The van der Waals surface area contributed by atoms with E-state index in [-0.39, 0.29) is 11.9 Å². The Bertz CT molecular complexity index is 660. The van der Waals surface area contributed by atoms with Crippen LogP contribution in [-0.4, -0.2) is 27.8 Å². The molecule has 1 saturated heterocycles. The zero-order valence-corrected chi connectivity index (χ0v) is 15.2. The lowest BCUT2D eigenvalue weighted by molar-refractivity contribution is -0.124. The van der Waals surface area contributed by atoms with Gasteiger partial charge in [-0.15, -0.1) is 0 Å². The fourth-order valence-electron chi connectivity index (χ4n) is 3.10. The van der Waals surface area contributed by atoms with E-state index in [2.05, 4.69) is 6.58 Å². The number of thioether (sulfide) groups is 1. The third kappa shape index (κ3) is 3.90. The molecule has 3 nitrogen and oxygen atoms in total. The molecule has 0 bridgehead atoms. The molecule has 1 aliphatic carbocycles. The maximum Gasteiger partial charge on any atom is 0.266 e. The van der Waals surface area contributed by atoms with Crippen molar-refractivity contribution in [2.24, 2.45) is 0 Å². The normalized spacial score (nSPS) is 20.7. The number of thiocarbonyl (C=S) groups is 1. The van der Waals surface area contributed by atoms with Gasteiger partial charge in [0.1, 0.15) is 16.7 Å². The average Bonchev–Trinajstić information content (AvgIpc) is 2.88. The van der Waals surface area contributed by atoms with Crippen molar-refractivity contribution in [1.82, 2.24) is 4.90 Å². The van der Waals surface area contributed by atoms with E-state index >= 15 is 0 Å². The third-order valence-corrected chi connectivity index (χ3v) is 5.64. The minimum absolute atomic E-state index is 0.0592. The summed E-state index contributed by atoms with van der Waals surface area (Å²) in [7, 11) is 0. The Morgan fingerprint density at radius 3 is 2.62 bits per heavy atom. The van der Waals surface area contributed by atoms with Gasteiger partial charge in [-0.05, 0) is 36.6 Å². The van der Waals surface area contributed by atoms with Crippen LogP contribution >= 0.6 is 24.0 Å². The summed E-state index contributed by atoms with van der Waals surface area (Å²) in [5, 5.41) is 0. The number of amides is 1. The van der Waals surface area contributed by atoms with Crippen molar-refractivity contribution < 1.29 is 9.53 Å². The Balaban J connectivity index is 1.72. The van der Waals surface area contributed by atoms with Crippen molar-refractivity contribution in [3.05, 3.63) is 47.4 Å². The SMILES string of the molecule is C=CCOc1ccc(/C=C2/SC(=S)N(C3CCCCC3)C2=O)cc1. The second kappa shape index (κ2) is 7.99. The highest BCUT2D eigenvalue weighted by Gasteiger charge is 2.37. The molecular weight excluding hydrogens is 338 g/mol. The molecule has 0 atom stereocenters. The van der Waals surface area contributed by atoms with E-state index in [4.69, 9.17) is 17.0 Å². The number of benzene rings is 1. The Kier molecular flexibility index (Phi) is 5.74. The van der Waals surface area contributed by atoms with Gasteiger partial charge in [-0.1, -0.05) is 68.0 Å². The molecule has 24 heavy (non-hydrogen) atoms. The highest BCUT2D eigenvalue weighted by atomic mass is 32.2. The monoisotopic (exact) mass is 359 g/mol. The lowest BCUT2D eigenvalue weighted by atomic mass is 9.94. The minimum Gasteiger partial charge on any atom is -0.490 e. The van der Waals surface area contributed by atoms with E-state index in [1.54, 1.807) is 6.08 Å². The fourth-order valence-corrected chi connectivity index (χ4v) is 4.50. The number of nitrogens with zero attached hydrogens (tertiary/aromatic N) is 1. The molecule has 1 amide bonds. The van der Waals surface area contributed by atoms with E-state index in [0.29, 0.717) is 15.8 Å². The van der Waals surface area contributed by atoms with Crippen LogP contribution in [0, 0.1) is 0 Å². The summed E-state index contributed by atoms with van der Waals surface area (Å²) >= 11 is 6.87. The predicted molar refractivity (Wildman–Crippen MR) is 104 cm³/mol. The molecule has 2 aliphatic rings. The largest absolute Gasteiger partial charge is 0.490 e. The van der Waals surface area contributed by atoms with Crippen LogP contribution in [0.4, 0.5) is 0 Å². The van der Waals surface area contributed by atoms with E-state index in [1.807, 2.05) is 35.2 Å². The Hall–Kier alpha value is -1.59. The Labute approximate surface area is 152 Å². The second-order valence-electron chi connectivity index (χ2n) is 6.01. The first-order chi connectivity index (χ1) is 11.7. The topological polar surface area (TPSA) is 29.5 Å². The predicted octanol–water partition coefficient (Wildman–Crippen LogP) is 4.79. The van der Waals surface area contributed by atoms with Gasteiger partial charge in [0, 0.05) is 6.04 Å². The molecule has 1 saturated carbocycles. The van der Waals surface area contributed by atoms with Crippen LogP contribution in [0.25, 0.3) is 6.08 Å². The molecule has 3 rings (SSSR count). The highest BCUT2D eigenvalue weighted by molar-refractivity contribution is 8.26. The van der Waals surface area contributed by atoms with Crippen LogP contribution in [-0.2, 0) is 4.79 Å². The molecule has 0 unspecified atom stereocenters. The maximum atomic E-state index is 12.7. The van der Waals surface area contributed by atoms with Crippen molar-refractivity contribution in [1.29, 1.82) is 0 Å². The maximum absolute atomic E-state index is 12.7. The molecule has 0 N–H and O–H groups in total. The summed E-state index contributed by atoms with van der Waals surface area (Å²) < 4.78 is 6.17. The summed E-state index contributed by atoms with van der Waals surface area (Å²) in [6, 6.07) is 7.98. The molecule has 0 radical (unpaired) electrons. The first kappa shape index (κ1) is 17.2. The van der Waals surface area contributed by atoms with Crippen molar-refractivity contribution in [3.63, 3.8) is 0 Å². The first-order valence-corrected chi connectivity index (χ1v) is 9.52. The molecule has 0 spiro atoms. The summed E-state index contributed by atoms with van der Waals surface area (Å²) in [4.78, 5) is 15.3. The van der Waals surface area contributed by atoms with Crippen molar-refractivity contribution in [2.45, 2.75) is 38.1 Å². The number of hydrogen-bond donors (Lipinski definition) is 0. The van der Waals surface area contributed by atoms with Gasteiger partial charge in [0.25, 0.3) is 5.91 Å². The standard InChI is InChI=1S/C19H21NO2S2/c1-2-12-22-16-10-8-14(9-11-16)13-17-18(21)20(19(23)24-17)15-6-4-3-5-7-15/h2,8-11,13,15H,1,3-7,12H2/b17-13+. The first-order valence-electron chi connectivity index (χ1n) is 8.30. The van der Waals surface area contributed by atoms with Gasteiger partial charge < -0.3 is 4.74 Å². The van der Waals surface area contributed by atoms with Crippen LogP contribution in [0.1, 0.15) is 37.7 Å². The molecule has 126 valence electrons. The Morgan fingerprint density at radius 2 is 1.96 bits per heavy atom. The highest BCUT2D eigenvalue weighted by Crippen LogP contribution is 2.37. The van der Waals surface area contributed by atoms with Crippen molar-refractivity contribution in [2.75, 3.05) is 6.61 Å². The number of rotatable bonds is 5. The zero-order valence-electron chi connectivity index (χ0n) is 13.6. The summed E-state index contributed by atoms with van der Waals surface area (Å²) in [5.74, 6) is 0.852. The van der Waals surface area contributed by atoms with Gasteiger partial charge in [0.15, 0.2) is 0 Å². The van der Waals surface area contributed by atoms with Crippen LogP contribution in [0.2, 0.25) is 0 Å². The van der Waals surface area contributed by atoms with Gasteiger partial charge in [-0.2, -0.15) is 0 Å². The molecule has 0 aromatic heterocycles. The molecule has 5 heteroatoms. The lowest BCUT2D eigenvalue weighted by Gasteiger charge is -2.29.